The third kappa shape index (κ3) is 4.67. The summed E-state index contributed by atoms with van der Waals surface area (Å²) in [5, 5.41) is 0. The summed E-state index contributed by atoms with van der Waals surface area (Å²) in [5.74, 6) is -1.29. The average Bonchev–Trinajstić information content (AvgIpc) is 2.91. The van der Waals surface area contributed by atoms with Crippen molar-refractivity contribution in [3.63, 3.8) is 0 Å². The molecule has 1 fully saturated rings. The van der Waals surface area contributed by atoms with Crippen LogP contribution in [-0.2, 0) is 19.1 Å². The van der Waals surface area contributed by atoms with E-state index in [0.717, 1.165) is 6.08 Å². The third-order valence-electron chi connectivity index (χ3n) is 2.96. The van der Waals surface area contributed by atoms with Crippen molar-refractivity contribution in [3.05, 3.63) is 29.8 Å². The quantitative estimate of drug-likeness (QED) is 0.589. The minimum absolute atomic E-state index is 0.0974. The van der Waals surface area contributed by atoms with Gasteiger partial charge < -0.3 is 18.9 Å². The lowest BCUT2D eigenvalue weighted by molar-refractivity contribution is -0.156. The van der Waals surface area contributed by atoms with Gasteiger partial charge in [0.2, 0.25) is 6.10 Å². The number of hydrogen-bond acceptors (Lipinski definition) is 6. The smallest absolute Gasteiger partial charge is 0.387 e. The second-order valence-corrected chi connectivity index (χ2v) is 4.50. The summed E-state index contributed by atoms with van der Waals surface area (Å²) >= 11 is 0. The summed E-state index contributed by atoms with van der Waals surface area (Å²) in [5.41, 5.74) is 0.509. The molecule has 1 aliphatic heterocycles. The first kappa shape index (κ1) is 16.7. The Morgan fingerprint density at radius 2 is 2.17 bits per heavy atom. The van der Waals surface area contributed by atoms with Gasteiger partial charge in [-0.25, -0.2) is 9.59 Å². The van der Waals surface area contributed by atoms with Crippen molar-refractivity contribution in [2.24, 2.45) is 0 Å². The fourth-order valence-electron chi connectivity index (χ4n) is 1.91. The van der Waals surface area contributed by atoms with Gasteiger partial charge in [-0.05, 0) is 23.8 Å². The van der Waals surface area contributed by atoms with Crippen molar-refractivity contribution in [3.8, 4) is 11.5 Å². The first-order valence-corrected chi connectivity index (χ1v) is 6.68. The van der Waals surface area contributed by atoms with Crippen molar-refractivity contribution in [2.45, 2.75) is 19.1 Å². The highest BCUT2D eigenvalue weighted by Gasteiger charge is 2.29. The van der Waals surface area contributed by atoms with Crippen LogP contribution in [0.5, 0.6) is 11.5 Å². The number of ether oxygens (including phenoxy) is 4. The van der Waals surface area contributed by atoms with E-state index in [2.05, 4.69) is 9.47 Å². The van der Waals surface area contributed by atoms with E-state index in [1.165, 1.54) is 31.4 Å². The van der Waals surface area contributed by atoms with Gasteiger partial charge in [-0.1, -0.05) is 6.07 Å². The van der Waals surface area contributed by atoms with Gasteiger partial charge in [-0.15, -0.1) is 0 Å². The number of benzene rings is 1. The highest BCUT2D eigenvalue weighted by Crippen LogP contribution is 2.29. The van der Waals surface area contributed by atoms with Crippen molar-refractivity contribution >= 4 is 18.0 Å². The molecule has 23 heavy (non-hydrogen) atoms. The van der Waals surface area contributed by atoms with E-state index in [4.69, 9.17) is 9.47 Å². The Hall–Kier alpha value is -2.64. The maximum atomic E-state index is 12.2. The molecule has 0 saturated carbocycles. The van der Waals surface area contributed by atoms with Crippen molar-refractivity contribution < 1.29 is 37.3 Å². The number of esters is 2. The molecule has 1 atom stereocenters. The zero-order valence-corrected chi connectivity index (χ0v) is 12.2. The molecule has 0 aliphatic carbocycles. The molecule has 0 unspecified atom stereocenters. The highest BCUT2D eigenvalue weighted by atomic mass is 19.3. The second kappa shape index (κ2) is 7.57. The number of alkyl halides is 2. The van der Waals surface area contributed by atoms with Gasteiger partial charge in [0.05, 0.1) is 13.7 Å². The van der Waals surface area contributed by atoms with Crippen LogP contribution in [0, 0.1) is 0 Å². The van der Waals surface area contributed by atoms with Crippen molar-refractivity contribution in [2.75, 3.05) is 13.7 Å². The van der Waals surface area contributed by atoms with Crippen molar-refractivity contribution in [1.29, 1.82) is 0 Å². The Labute approximate surface area is 130 Å². The predicted molar refractivity (Wildman–Crippen MR) is 74.1 cm³/mol. The van der Waals surface area contributed by atoms with E-state index in [-0.39, 0.29) is 18.1 Å². The summed E-state index contributed by atoms with van der Waals surface area (Å²) in [6.07, 6.45) is 1.96. The molecule has 1 aliphatic rings. The molecular weight excluding hydrogens is 314 g/mol. The van der Waals surface area contributed by atoms with Crippen LogP contribution in [0.2, 0.25) is 0 Å². The van der Waals surface area contributed by atoms with Crippen LogP contribution in [0.4, 0.5) is 8.78 Å². The normalized spacial score (nSPS) is 17.4. The van der Waals surface area contributed by atoms with E-state index in [9.17, 15) is 18.4 Å². The fourth-order valence-corrected chi connectivity index (χ4v) is 1.91. The zero-order chi connectivity index (χ0) is 16.8. The van der Waals surface area contributed by atoms with Crippen LogP contribution in [-0.4, -0.2) is 38.4 Å². The molecule has 0 amide bonds. The number of carbonyl (C=O) groups is 2. The number of methoxy groups -OCH3 is 1. The van der Waals surface area contributed by atoms with Crippen LogP contribution < -0.4 is 9.47 Å². The van der Waals surface area contributed by atoms with Crippen LogP contribution in [0.25, 0.3) is 6.08 Å². The fraction of sp³-hybridized carbons (Fsp3) is 0.333. The maximum absolute atomic E-state index is 12.2. The average molecular weight is 328 g/mol. The molecule has 6 nitrogen and oxygen atoms in total. The van der Waals surface area contributed by atoms with Gasteiger partial charge in [0.15, 0.2) is 11.5 Å². The number of halogens is 2. The number of cyclic esters (lactones) is 1. The topological polar surface area (TPSA) is 71.1 Å². The van der Waals surface area contributed by atoms with E-state index in [1.54, 1.807) is 0 Å². The summed E-state index contributed by atoms with van der Waals surface area (Å²) in [6.45, 7) is -2.74. The second-order valence-electron chi connectivity index (χ2n) is 4.50. The summed E-state index contributed by atoms with van der Waals surface area (Å²) in [4.78, 5) is 22.8. The van der Waals surface area contributed by atoms with E-state index in [0.29, 0.717) is 12.0 Å². The Bertz CT molecular complexity index is 614. The minimum Gasteiger partial charge on any atom is -0.493 e. The molecule has 0 bridgehead atoms. The molecule has 2 rings (SSSR count). The summed E-state index contributed by atoms with van der Waals surface area (Å²) in [7, 11) is 1.31. The van der Waals surface area contributed by atoms with Gasteiger partial charge in [-0.3, -0.25) is 0 Å². The lowest BCUT2D eigenvalue weighted by atomic mass is 10.2. The number of rotatable bonds is 6. The van der Waals surface area contributed by atoms with Gasteiger partial charge in [-0.2, -0.15) is 8.78 Å². The maximum Gasteiger partial charge on any atom is 0.387 e. The number of carbonyl (C=O) groups excluding carboxylic acids is 2. The van der Waals surface area contributed by atoms with Gasteiger partial charge in [0, 0.05) is 12.5 Å². The summed E-state index contributed by atoms with van der Waals surface area (Å²) < 4.78 is 43.3. The van der Waals surface area contributed by atoms with Gasteiger partial charge in [0.1, 0.15) is 0 Å². The lowest BCUT2D eigenvalue weighted by Gasteiger charge is -2.10. The molecule has 0 spiro atoms. The SMILES string of the molecule is COc1cc(/C=C/C(=O)O[C@H]2CCOC2=O)ccc1OC(F)F. The van der Waals surface area contributed by atoms with Crippen LogP contribution in [0.1, 0.15) is 12.0 Å². The van der Waals surface area contributed by atoms with Gasteiger partial charge in [0.25, 0.3) is 0 Å². The molecule has 0 N–H and O–H groups in total. The first-order chi connectivity index (χ1) is 11.0. The van der Waals surface area contributed by atoms with Crippen LogP contribution in [0.15, 0.2) is 24.3 Å². The molecule has 1 heterocycles. The van der Waals surface area contributed by atoms with E-state index in [1.807, 2.05) is 0 Å². The highest BCUT2D eigenvalue weighted by molar-refractivity contribution is 5.89. The molecule has 1 saturated heterocycles. The molecule has 124 valence electrons. The molecule has 8 heteroatoms. The molecule has 0 aromatic heterocycles. The molecule has 1 aromatic rings. The number of hydrogen-bond donors (Lipinski definition) is 0. The first-order valence-electron chi connectivity index (χ1n) is 6.68. The molecule has 1 aromatic carbocycles. The molecule has 0 radical (unpaired) electrons. The van der Waals surface area contributed by atoms with Crippen LogP contribution in [0.3, 0.4) is 0 Å². The van der Waals surface area contributed by atoms with E-state index >= 15 is 0 Å². The largest absolute Gasteiger partial charge is 0.493 e. The molecular formula is C15H14F2O6. The summed E-state index contributed by atoms with van der Waals surface area (Å²) in [6, 6.07) is 4.18. The zero-order valence-electron chi connectivity index (χ0n) is 12.2. The Morgan fingerprint density at radius 1 is 1.39 bits per heavy atom. The van der Waals surface area contributed by atoms with Gasteiger partial charge >= 0.3 is 18.6 Å². The van der Waals surface area contributed by atoms with Crippen LogP contribution >= 0.6 is 0 Å². The monoisotopic (exact) mass is 328 g/mol. The standard InChI is InChI=1S/C15H14F2O6/c1-20-12-8-9(2-4-10(12)23-15(16)17)3-5-13(18)22-11-6-7-21-14(11)19/h2-5,8,11,15H,6-7H2,1H3/b5-3+/t11-/m0/s1. The Kier molecular flexibility index (Phi) is 5.51. The lowest BCUT2D eigenvalue weighted by Crippen LogP contribution is -2.21. The third-order valence-corrected chi connectivity index (χ3v) is 2.96. The van der Waals surface area contributed by atoms with E-state index < -0.39 is 24.7 Å². The Balaban J connectivity index is 2.01. The minimum atomic E-state index is -2.97. The predicted octanol–water partition coefficient (Wildman–Crippen LogP) is 2.17. The Morgan fingerprint density at radius 3 is 2.78 bits per heavy atom. The van der Waals surface area contributed by atoms with Crippen molar-refractivity contribution in [1.82, 2.24) is 0 Å².